The van der Waals surface area contributed by atoms with Gasteiger partial charge in [-0.25, -0.2) is 13.4 Å². The molecule has 0 aromatic carbocycles. The van der Waals surface area contributed by atoms with Crippen molar-refractivity contribution >= 4 is 27.2 Å². The molecule has 1 aliphatic heterocycles. The van der Waals surface area contributed by atoms with Crippen molar-refractivity contribution < 1.29 is 23.1 Å². The van der Waals surface area contributed by atoms with Crippen molar-refractivity contribution in [3.05, 3.63) is 30.1 Å². The Balaban J connectivity index is 2.07. The van der Waals surface area contributed by atoms with Gasteiger partial charge in [0.05, 0.1) is 11.4 Å². The van der Waals surface area contributed by atoms with E-state index in [0.29, 0.717) is 24.9 Å². The van der Waals surface area contributed by atoms with Crippen molar-refractivity contribution in [2.75, 3.05) is 12.8 Å². The molecule has 0 spiro atoms. The van der Waals surface area contributed by atoms with Gasteiger partial charge in [-0.05, 0) is 31.9 Å². The molecule has 2 aromatic rings. The first-order valence-corrected chi connectivity index (χ1v) is 9.82. The van der Waals surface area contributed by atoms with E-state index in [2.05, 4.69) is 4.98 Å². The standard InChI is InChI=1S/C16H19N3O5S/c1-10-11(15(21)22)6-5-9-18(10)14(20)13-12-7-3-4-8-19(12)16(17-13)25(2,23)24/h3-4,7-8,10-11H,5-6,9H2,1-2H3,(H,21,22)/t10-,11-/m1/s1. The van der Waals surface area contributed by atoms with Crippen LogP contribution in [0.4, 0.5) is 0 Å². The third-order valence-electron chi connectivity index (χ3n) is 4.62. The number of imidazole rings is 1. The van der Waals surface area contributed by atoms with Gasteiger partial charge in [-0.2, -0.15) is 0 Å². The molecule has 25 heavy (non-hydrogen) atoms. The minimum Gasteiger partial charge on any atom is -0.481 e. The molecule has 1 amide bonds. The van der Waals surface area contributed by atoms with Gasteiger partial charge in [0.1, 0.15) is 0 Å². The van der Waals surface area contributed by atoms with Crippen molar-refractivity contribution in [3.8, 4) is 0 Å². The second-order valence-electron chi connectivity index (χ2n) is 6.30. The maximum absolute atomic E-state index is 13.0. The van der Waals surface area contributed by atoms with E-state index in [1.807, 2.05) is 0 Å². The molecule has 0 unspecified atom stereocenters. The summed E-state index contributed by atoms with van der Waals surface area (Å²) < 4.78 is 25.3. The van der Waals surface area contributed by atoms with E-state index in [-0.39, 0.29) is 10.9 Å². The number of likely N-dealkylation sites (tertiary alicyclic amines) is 1. The van der Waals surface area contributed by atoms with E-state index in [1.54, 1.807) is 25.1 Å². The predicted molar refractivity (Wildman–Crippen MR) is 89.2 cm³/mol. The monoisotopic (exact) mass is 365 g/mol. The molecule has 1 saturated heterocycles. The van der Waals surface area contributed by atoms with E-state index < -0.39 is 33.7 Å². The van der Waals surface area contributed by atoms with Crippen LogP contribution in [0.25, 0.3) is 5.52 Å². The average Bonchev–Trinajstić information content (AvgIpc) is 2.94. The smallest absolute Gasteiger partial charge is 0.308 e. The van der Waals surface area contributed by atoms with Crippen molar-refractivity contribution in [2.24, 2.45) is 5.92 Å². The van der Waals surface area contributed by atoms with Crippen molar-refractivity contribution in [1.82, 2.24) is 14.3 Å². The highest BCUT2D eigenvalue weighted by molar-refractivity contribution is 7.90. The summed E-state index contributed by atoms with van der Waals surface area (Å²) in [5, 5.41) is 9.12. The fraction of sp³-hybridized carbons (Fsp3) is 0.438. The van der Waals surface area contributed by atoms with Gasteiger partial charge in [-0.1, -0.05) is 6.07 Å². The first-order valence-electron chi connectivity index (χ1n) is 7.92. The molecular formula is C16H19N3O5S. The number of hydrogen-bond acceptors (Lipinski definition) is 5. The van der Waals surface area contributed by atoms with Gasteiger partial charge in [0.25, 0.3) is 5.91 Å². The second-order valence-corrected chi connectivity index (χ2v) is 8.21. The topological polar surface area (TPSA) is 109 Å². The van der Waals surface area contributed by atoms with Crippen LogP contribution in [0, 0.1) is 5.92 Å². The van der Waals surface area contributed by atoms with Gasteiger partial charge in [0, 0.05) is 25.0 Å². The summed E-state index contributed by atoms with van der Waals surface area (Å²) in [7, 11) is -3.62. The summed E-state index contributed by atoms with van der Waals surface area (Å²) in [6.45, 7) is 2.12. The summed E-state index contributed by atoms with van der Waals surface area (Å²) in [6.07, 6.45) is 3.67. The molecule has 1 fully saturated rings. The quantitative estimate of drug-likeness (QED) is 0.871. The van der Waals surface area contributed by atoms with Gasteiger partial charge < -0.3 is 10.0 Å². The molecule has 3 heterocycles. The number of hydrogen-bond donors (Lipinski definition) is 1. The number of carboxylic acids is 1. The van der Waals surface area contributed by atoms with E-state index in [9.17, 15) is 23.1 Å². The Bertz CT molecular complexity index is 950. The maximum Gasteiger partial charge on any atom is 0.308 e. The third kappa shape index (κ3) is 2.99. The fourth-order valence-electron chi connectivity index (χ4n) is 3.32. The lowest BCUT2D eigenvalue weighted by molar-refractivity contribution is -0.144. The number of piperidine rings is 1. The molecule has 1 aliphatic rings. The number of rotatable bonds is 3. The normalized spacial score (nSPS) is 21.4. The zero-order valence-electron chi connectivity index (χ0n) is 13.9. The van der Waals surface area contributed by atoms with E-state index in [4.69, 9.17) is 0 Å². The van der Waals surface area contributed by atoms with Gasteiger partial charge in [0.2, 0.25) is 15.0 Å². The van der Waals surface area contributed by atoms with Crippen molar-refractivity contribution in [2.45, 2.75) is 31.0 Å². The molecule has 2 aromatic heterocycles. The van der Waals surface area contributed by atoms with Crippen LogP contribution < -0.4 is 0 Å². The summed E-state index contributed by atoms with van der Waals surface area (Å²) in [5.41, 5.74) is 0.413. The average molecular weight is 365 g/mol. The third-order valence-corrected chi connectivity index (χ3v) is 5.57. The number of fused-ring (bicyclic) bond motifs is 1. The summed E-state index contributed by atoms with van der Waals surface area (Å²) >= 11 is 0. The number of nitrogens with zero attached hydrogens (tertiary/aromatic N) is 3. The molecule has 3 rings (SSSR count). The summed E-state index contributed by atoms with van der Waals surface area (Å²) in [4.78, 5) is 29.9. The van der Waals surface area contributed by atoms with Crippen LogP contribution in [0.15, 0.2) is 29.6 Å². The van der Waals surface area contributed by atoms with Gasteiger partial charge in [-0.3, -0.25) is 14.0 Å². The van der Waals surface area contributed by atoms with Crippen LogP contribution in [0.1, 0.15) is 30.3 Å². The molecular weight excluding hydrogens is 346 g/mol. The van der Waals surface area contributed by atoms with Crippen LogP contribution in [0.2, 0.25) is 0 Å². The van der Waals surface area contributed by atoms with Crippen LogP contribution >= 0.6 is 0 Å². The van der Waals surface area contributed by atoms with E-state index >= 15 is 0 Å². The van der Waals surface area contributed by atoms with Gasteiger partial charge in [-0.15, -0.1) is 0 Å². The minimum atomic E-state index is -3.62. The fourth-order valence-corrected chi connectivity index (χ4v) is 4.10. The van der Waals surface area contributed by atoms with Gasteiger partial charge >= 0.3 is 5.97 Å². The lowest BCUT2D eigenvalue weighted by Crippen LogP contribution is -2.49. The largest absolute Gasteiger partial charge is 0.481 e. The van der Waals surface area contributed by atoms with Crippen LogP contribution in [-0.2, 0) is 14.6 Å². The SMILES string of the molecule is C[C@@H]1[C@H](C(=O)O)CCCN1C(=O)c1nc(S(C)(=O)=O)n2ccccc12. The van der Waals surface area contributed by atoms with Gasteiger partial charge in [0.15, 0.2) is 5.69 Å². The molecule has 9 heteroatoms. The molecule has 0 bridgehead atoms. The highest BCUT2D eigenvalue weighted by Gasteiger charge is 2.37. The highest BCUT2D eigenvalue weighted by atomic mass is 32.2. The zero-order chi connectivity index (χ0) is 18.4. The first kappa shape index (κ1) is 17.4. The molecule has 8 nitrogen and oxygen atoms in total. The Labute approximate surface area is 145 Å². The Morgan fingerprint density at radius 2 is 2.04 bits per heavy atom. The zero-order valence-corrected chi connectivity index (χ0v) is 14.7. The van der Waals surface area contributed by atoms with Crippen molar-refractivity contribution in [1.29, 1.82) is 0 Å². The maximum atomic E-state index is 13.0. The first-order chi connectivity index (χ1) is 11.7. The molecule has 1 N–H and O–H groups in total. The Morgan fingerprint density at radius 1 is 1.32 bits per heavy atom. The number of carbonyl (C=O) groups excluding carboxylic acids is 1. The number of carboxylic acid groups (broad SMARTS) is 1. The number of aliphatic carboxylic acids is 1. The summed E-state index contributed by atoms with van der Waals surface area (Å²) in [5.74, 6) is -2.02. The molecule has 0 radical (unpaired) electrons. The highest BCUT2D eigenvalue weighted by Crippen LogP contribution is 2.27. The number of carbonyl (C=O) groups is 2. The lowest BCUT2D eigenvalue weighted by atomic mass is 9.90. The lowest BCUT2D eigenvalue weighted by Gasteiger charge is -2.37. The van der Waals surface area contributed by atoms with E-state index in [1.165, 1.54) is 15.5 Å². The number of amides is 1. The number of pyridine rings is 1. The molecule has 134 valence electrons. The van der Waals surface area contributed by atoms with Crippen LogP contribution in [0.3, 0.4) is 0 Å². The molecule has 0 saturated carbocycles. The minimum absolute atomic E-state index is 0.0268. The Kier molecular flexibility index (Phi) is 4.28. The Morgan fingerprint density at radius 3 is 2.68 bits per heavy atom. The summed E-state index contributed by atoms with van der Waals surface area (Å²) in [6, 6.07) is 4.49. The van der Waals surface area contributed by atoms with Crippen molar-refractivity contribution in [3.63, 3.8) is 0 Å². The van der Waals surface area contributed by atoms with Crippen LogP contribution in [-0.4, -0.2) is 58.5 Å². The number of aromatic nitrogens is 2. The van der Waals surface area contributed by atoms with E-state index in [0.717, 1.165) is 6.26 Å². The Hall–Kier alpha value is -2.42. The molecule has 0 aliphatic carbocycles. The number of sulfone groups is 1. The predicted octanol–water partition coefficient (Wildman–Crippen LogP) is 1.06. The second kappa shape index (κ2) is 6.14. The van der Waals surface area contributed by atoms with Crippen LogP contribution in [0.5, 0.6) is 0 Å². The molecule has 2 atom stereocenters.